The summed E-state index contributed by atoms with van der Waals surface area (Å²) in [7, 11) is 0. The van der Waals surface area contributed by atoms with Crippen LogP contribution in [0.2, 0.25) is 0 Å². The first-order chi connectivity index (χ1) is 11.3. The van der Waals surface area contributed by atoms with Gasteiger partial charge in [-0.15, -0.1) is 0 Å². The van der Waals surface area contributed by atoms with E-state index in [1.54, 1.807) is 0 Å². The molecule has 2 N–H and O–H groups in total. The zero-order chi connectivity index (χ0) is 16.1. The van der Waals surface area contributed by atoms with Crippen LogP contribution in [0.4, 0.5) is 0 Å². The van der Waals surface area contributed by atoms with Crippen LogP contribution in [0.3, 0.4) is 0 Å². The molecule has 1 aliphatic carbocycles. The van der Waals surface area contributed by atoms with E-state index in [-0.39, 0.29) is 0 Å². The number of ether oxygens (including phenoxy) is 2. The largest absolute Gasteiger partial charge is 0.492 e. The summed E-state index contributed by atoms with van der Waals surface area (Å²) >= 11 is 0. The van der Waals surface area contributed by atoms with E-state index in [1.165, 1.54) is 30.4 Å². The van der Waals surface area contributed by atoms with Crippen LogP contribution < -0.4 is 15.4 Å². The topological polar surface area (TPSA) is 42.5 Å². The summed E-state index contributed by atoms with van der Waals surface area (Å²) < 4.78 is 11.6. The number of rotatable bonds is 6. The predicted molar refractivity (Wildman–Crippen MR) is 93.2 cm³/mol. The fraction of sp³-hybridized carbons (Fsp3) is 0.684. The van der Waals surface area contributed by atoms with Crippen molar-refractivity contribution in [1.82, 2.24) is 10.6 Å². The Kier molecular flexibility index (Phi) is 5.92. The molecule has 4 heteroatoms. The van der Waals surface area contributed by atoms with Crippen molar-refractivity contribution in [2.75, 3.05) is 32.9 Å². The zero-order valence-electron chi connectivity index (χ0n) is 14.4. The fourth-order valence-electron chi connectivity index (χ4n) is 4.01. The minimum Gasteiger partial charge on any atom is -0.492 e. The average Bonchev–Trinajstić information content (AvgIpc) is 3.03. The van der Waals surface area contributed by atoms with Gasteiger partial charge in [0.1, 0.15) is 12.4 Å². The van der Waals surface area contributed by atoms with Crippen LogP contribution in [-0.4, -0.2) is 45.0 Å². The molecule has 3 atom stereocenters. The Hall–Kier alpha value is -1.10. The molecule has 2 aliphatic rings. The van der Waals surface area contributed by atoms with Crippen molar-refractivity contribution in [1.29, 1.82) is 0 Å². The molecule has 1 aromatic carbocycles. The normalized spacial score (nSPS) is 28.0. The Morgan fingerprint density at radius 1 is 1.26 bits per heavy atom. The molecular weight excluding hydrogens is 288 g/mol. The quantitative estimate of drug-likeness (QED) is 0.791. The first kappa shape index (κ1) is 16.7. The lowest BCUT2D eigenvalue weighted by atomic mass is 9.94. The van der Waals surface area contributed by atoms with Crippen LogP contribution in [0, 0.1) is 19.8 Å². The zero-order valence-corrected chi connectivity index (χ0v) is 14.4. The molecule has 1 saturated heterocycles. The van der Waals surface area contributed by atoms with Gasteiger partial charge in [0.25, 0.3) is 0 Å². The second kappa shape index (κ2) is 8.13. The molecule has 1 saturated carbocycles. The Labute approximate surface area is 139 Å². The molecule has 1 aromatic rings. The molecule has 0 radical (unpaired) electrons. The SMILES string of the molecule is Cc1cccc(C)c1OCCNC1CCCC1C1COCCN1. The summed E-state index contributed by atoms with van der Waals surface area (Å²) in [6, 6.07) is 7.41. The number of hydrogen-bond acceptors (Lipinski definition) is 4. The molecule has 3 unspecified atom stereocenters. The van der Waals surface area contributed by atoms with Gasteiger partial charge in [0.15, 0.2) is 0 Å². The Morgan fingerprint density at radius 2 is 2.09 bits per heavy atom. The third-order valence-corrected chi connectivity index (χ3v) is 5.20. The van der Waals surface area contributed by atoms with E-state index in [0.717, 1.165) is 38.7 Å². The van der Waals surface area contributed by atoms with Gasteiger partial charge in [0.2, 0.25) is 0 Å². The molecule has 23 heavy (non-hydrogen) atoms. The molecule has 1 aliphatic heterocycles. The van der Waals surface area contributed by atoms with Crippen LogP contribution in [0.1, 0.15) is 30.4 Å². The lowest BCUT2D eigenvalue weighted by molar-refractivity contribution is 0.0523. The second-order valence-electron chi connectivity index (χ2n) is 6.86. The fourth-order valence-corrected chi connectivity index (χ4v) is 4.01. The van der Waals surface area contributed by atoms with E-state index < -0.39 is 0 Å². The third kappa shape index (κ3) is 4.25. The maximum atomic E-state index is 6.01. The van der Waals surface area contributed by atoms with E-state index in [4.69, 9.17) is 9.47 Å². The van der Waals surface area contributed by atoms with Gasteiger partial charge in [0.05, 0.1) is 13.2 Å². The summed E-state index contributed by atoms with van der Waals surface area (Å²) in [4.78, 5) is 0. The van der Waals surface area contributed by atoms with Gasteiger partial charge in [-0.2, -0.15) is 0 Å². The highest BCUT2D eigenvalue weighted by atomic mass is 16.5. The summed E-state index contributed by atoms with van der Waals surface area (Å²) in [5.41, 5.74) is 2.43. The van der Waals surface area contributed by atoms with Gasteiger partial charge in [-0.25, -0.2) is 0 Å². The minimum atomic E-state index is 0.517. The van der Waals surface area contributed by atoms with E-state index in [0.29, 0.717) is 18.0 Å². The molecular formula is C19H30N2O2. The maximum Gasteiger partial charge on any atom is 0.125 e. The van der Waals surface area contributed by atoms with Crippen LogP contribution >= 0.6 is 0 Å². The highest BCUT2D eigenvalue weighted by Crippen LogP contribution is 2.29. The van der Waals surface area contributed by atoms with Crippen LogP contribution in [0.25, 0.3) is 0 Å². The lowest BCUT2D eigenvalue weighted by Crippen LogP contribution is -2.51. The highest BCUT2D eigenvalue weighted by molar-refractivity contribution is 5.39. The van der Waals surface area contributed by atoms with Gasteiger partial charge in [-0.1, -0.05) is 24.6 Å². The van der Waals surface area contributed by atoms with Crippen LogP contribution in [0.5, 0.6) is 5.75 Å². The molecule has 0 aromatic heterocycles. The third-order valence-electron chi connectivity index (χ3n) is 5.20. The summed E-state index contributed by atoms with van der Waals surface area (Å²) in [6.07, 6.45) is 3.89. The molecule has 128 valence electrons. The molecule has 4 nitrogen and oxygen atoms in total. The number of hydrogen-bond donors (Lipinski definition) is 2. The van der Waals surface area contributed by atoms with Gasteiger partial charge >= 0.3 is 0 Å². The molecule has 2 fully saturated rings. The Morgan fingerprint density at radius 3 is 2.83 bits per heavy atom. The van der Waals surface area contributed by atoms with Crippen molar-refractivity contribution in [3.8, 4) is 5.75 Å². The number of benzene rings is 1. The standard InChI is InChI=1S/C19H30N2O2/c1-14-5-3-6-15(2)19(14)23-12-10-20-17-8-4-7-16(17)18-13-22-11-9-21-18/h3,5-6,16-18,20-21H,4,7-13H2,1-2H3. The van der Waals surface area contributed by atoms with E-state index in [1.807, 2.05) is 0 Å². The van der Waals surface area contributed by atoms with Crippen molar-refractivity contribution in [3.63, 3.8) is 0 Å². The van der Waals surface area contributed by atoms with Gasteiger partial charge in [-0.3, -0.25) is 0 Å². The van der Waals surface area contributed by atoms with Gasteiger partial charge < -0.3 is 20.1 Å². The van der Waals surface area contributed by atoms with Crippen molar-refractivity contribution < 1.29 is 9.47 Å². The predicted octanol–water partition coefficient (Wildman–Crippen LogP) is 2.43. The molecule has 3 rings (SSSR count). The van der Waals surface area contributed by atoms with Crippen molar-refractivity contribution >= 4 is 0 Å². The maximum absolute atomic E-state index is 6.01. The number of morpholine rings is 1. The number of para-hydroxylation sites is 1. The highest BCUT2D eigenvalue weighted by Gasteiger charge is 2.34. The van der Waals surface area contributed by atoms with Crippen molar-refractivity contribution in [2.24, 2.45) is 5.92 Å². The Balaban J connectivity index is 1.44. The molecule has 1 heterocycles. The first-order valence-electron chi connectivity index (χ1n) is 8.99. The van der Waals surface area contributed by atoms with E-state index in [9.17, 15) is 0 Å². The number of nitrogens with one attached hydrogen (secondary N) is 2. The second-order valence-corrected chi connectivity index (χ2v) is 6.86. The van der Waals surface area contributed by atoms with Crippen LogP contribution in [0.15, 0.2) is 18.2 Å². The van der Waals surface area contributed by atoms with Gasteiger partial charge in [0, 0.05) is 25.2 Å². The molecule has 0 bridgehead atoms. The smallest absolute Gasteiger partial charge is 0.125 e. The summed E-state index contributed by atoms with van der Waals surface area (Å²) in [5.74, 6) is 1.73. The molecule has 0 amide bonds. The van der Waals surface area contributed by atoms with Gasteiger partial charge in [-0.05, 0) is 43.7 Å². The van der Waals surface area contributed by atoms with E-state index >= 15 is 0 Å². The first-order valence-corrected chi connectivity index (χ1v) is 8.99. The average molecular weight is 318 g/mol. The van der Waals surface area contributed by atoms with Crippen LogP contribution in [-0.2, 0) is 4.74 Å². The Bertz CT molecular complexity index is 480. The summed E-state index contributed by atoms with van der Waals surface area (Å²) in [6.45, 7) is 8.55. The van der Waals surface area contributed by atoms with E-state index in [2.05, 4.69) is 42.7 Å². The minimum absolute atomic E-state index is 0.517. The van der Waals surface area contributed by atoms with Crippen molar-refractivity contribution in [2.45, 2.75) is 45.2 Å². The lowest BCUT2D eigenvalue weighted by Gasteiger charge is -2.33. The summed E-state index contributed by atoms with van der Waals surface area (Å²) in [5, 5.41) is 7.34. The number of aryl methyl sites for hydroxylation is 2. The van der Waals surface area contributed by atoms with Crippen molar-refractivity contribution in [3.05, 3.63) is 29.3 Å². The monoisotopic (exact) mass is 318 g/mol. The molecule has 0 spiro atoms.